The zero-order valence-corrected chi connectivity index (χ0v) is 14.0. The quantitative estimate of drug-likeness (QED) is 0.797. The Bertz CT molecular complexity index is 521. The van der Waals surface area contributed by atoms with Crippen molar-refractivity contribution < 1.29 is 4.79 Å². The summed E-state index contributed by atoms with van der Waals surface area (Å²) in [5.41, 5.74) is 0. The Morgan fingerprint density at radius 1 is 0.957 bits per heavy atom. The maximum absolute atomic E-state index is 11.8. The van der Waals surface area contributed by atoms with E-state index in [2.05, 4.69) is 44.3 Å². The zero-order valence-electron chi connectivity index (χ0n) is 14.0. The summed E-state index contributed by atoms with van der Waals surface area (Å²) in [5.74, 6) is 2.31. The van der Waals surface area contributed by atoms with Crippen LogP contribution in [0.3, 0.4) is 0 Å². The number of nitrogens with zero attached hydrogens (tertiary/aromatic N) is 4. The second kappa shape index (κ2) is 7.10. The van der Waals surface area contributed by atoms with Crippen molar-refractivity contribution in [2.75, 3.05) is 28.6 Å². The Morgan fingerprint density at radius 2 is 1.48 bits per heavy atom. The van der Waals surface area contributed by atoms with E-state index in [0.717, 1.165) is 38.8 Å². The van der Waals surface area contributed by atoms with E-state index in [0.29, 0.717) is 36.5 Å². The number of fused-ring (bicyclic) bond motifs is 2. The van der Waals surface area contributed by atoms with Crippen molar-refractivity contribution in [1.82, 2.24) is 15.0 Å². The molecule has 2 saturated heterocycles. The number of ketones is 1. The molecule has 0 radical (unpaired) electrons. The first kappa shape index (κ1) is 16.0. The van der Waals surface area contributed by atoms with E-state index in [-0.39, 0.29) is 12.1 Å². The minimum Gasteiger partial charge on any atom is -0.354 e. The molecule has 0 aromatic carbocycles. The maximum Gasteiger partial charge on any atom is 0.232 e. The van der Waals surface area contributed by atoms with Gasteiger partial charge in [-0.25, -0.2) is 0 Å². The average molecular weight is 318 g/mol. The van der Waals surface area contributed by atoms with Gasteiger partial charge in [0.15, 0.2) is 0 Å². The molecule has 0 spiro atoms. The fourth-order valence-electron chi connectivity index (χ4n) is 3.41. The molecule has 1 aromatic heterocycles. The molecule has 2 aliphatic rings. The Morgan fingerprint density at radius 3 is 1.96 bits per heavy atom. The van der Waals surface area contributed by atoms with Crippen LogP contribution in [0.2, 0.25) is 0 Å². The molecule has 3 heterocycles. The van der Waals surface area contributed by atoms with Crippen molar-refractivity contribution in [3.63, 3.8) is 0 Å². The number of carbonyl (C=O) groups is 1. The van der Waals surface area contributed by atoms with Crippen LogP contribution in [0.5, 0.6) is 0 Å². The van der Waals surface area contributed by atoms with Crippen LogP contribution in [-0.2, 0) is 4.79 Å². The predicted octanol–water partition coefficient (Wildman–Crippen LogP) is 2.22. The molecule has 0 aliphatic carbocycles. The van der Waals surface area contributed by atoms with Crippen LogP contribution in [-0.4, -0.2) is 45.9 Å². The molecule has 2 atom stereocenters. The number of hydrogen-bond acceptors (Lipinski definition) is 7. The summed E-state index contributed by atoms with van der Waals surface area (Å²) in [6.45, 7) is 5.90. The van der Waals surface area contributed by atoms with E-state index in [1.54, 1.807) is 0 Å². The number of aromatic nitrogens is 3. The van der Waals surface area contributed by atoms with E-state index in [9.17, 15) is 4.79 Å². The minimum absolute atomic E-state index is 0.252. The largest absolute Gasteiger partial charge is 0.354 e. The SMILES string of the molecule is CCCNc1nc(NCCC)nc(N2C3CCC2CC(=O)C3)n1. The molecule has 2 fully saturated rings. The van der Waals surface area contributed by atoms with Crippen LogP contribution in [0.15, 0.2) is 0 Å². The van der Waals surface area contributed by atoms with Crippen molar-refractivity contribution >= 4 is 23.6 Å². The Labute approximate surface area is 137 Å². The van der Waals surface area contributed by atoms with Gasteiger partial charge in [-0.1, -0.05) is 13.8 Å². The molecule has 0 amide bonds. The van der Waals surface area contributed by atoms with Crippen molar-refractivity contribution in [2.24, 2.45) is 0 Å². The molecule has 3 rings (SSSR count). The van der Waals surface area contributed by atoms with Gasteiger partial charge in [0, 0.05) is 38.0 Å². The van der Waals surface area contributed by atoms with Gasteiger partial charge < -0.3 is 15.5 Å². The standard InChI is InChI=1S/C16H26N6O/c1-3-7-17-14-19-15(18-8-4-2)21-16(20-14)22-11-5-6-12(22)10-13(23)9-11/h11-12H,3-10H2,1-2H3,(H2,17,18,19,20,21). The van der Waals surface area contributed by atoms with Crippen LogP contribution in [0.4, 0.5) is 17.8 Å². The lowest BCUT2D eigenvalue weighted by molar-refractivity contribution is -0.120. The van der Waals surface area contributed by atoms with E-state index in [1.807, 2.05) is 0 Å². The normalized spacial score (nSPS) is 23.2. The molecule has 0 saturated carbocycles. The summed E-state index contributed by atoms with van der Waals surface area (Å²) in [7, 11) is 0. The number of rotatable bonds is 7. The monoisotopic (exact) mass is 318 g/mol. The van der Waals surface area contributed by atoms with E-state index in [4.69, 9.17) is 0 Å². The third kappa shape index (κ3) is 3.54. The molecular formula is C16H26N6O. The van der Waals surface area contributed by atoms with Gasteiger partial charge in [0.05, 0.1) is 0 Å². The number of piperidine rings is 1. The van der Waals surface area contributed by atoms with Crippen molar-refractivity contribution in [3.05, 3.63) is 0 Å². The highest BCUT2D eigenvalue weighted by atomic mass is 16.1. The Balaban J connectivity index is 1.86. The molecule has 2 bridgehead atoms. The van der Waals surface area contributed by atoms with E-state index < -0.39 is 0 Å². The van der Waals surface area contributed by atoms with Gasteiger partial charge in [-0.3, -0.25) is 4.79 Å². The lowest BCUT2D eigenvalue weighted by Crippen LogP contribution is -2.44. The lowest BCUT2D eigenvalue weighted by Gasteiger charge is -2.34. The van der Waals surface area contributed by atoms with Gasteiger partial charge in [0.25, 0.3) is 0 Å². The average Bonchev–Trinajstić information content (AvgIpc) is 2.82. The van der Waals surface area contributed by atoms with Gasteiger partial charge in [0.1, 0.15) is 5.78 Å². The highest BCUT2D eigenvalue weighted by Gasteiger charge is 2.41. The first-order valence-corrected chi connectivity index (χ1v) is 8.75. The van der Waals surface area contributed by atoms with Crippen molar-refractivity contribution in [2.45, 2.75) is 64.5 Å². The van der Waals surface area contributed by atoms with E-state index in [1.165, 1.54) is 0 Å². The topological polar surface area (TPSA) is 83.0 Å². The second-order valence-electron chi connectivity index (χ2n) is 6.38. The molecule has 1 aromatic rings. The predicted molar refractivity (Wildman–Crippen MR) is 90.9 cm³/mol. The summed E-state index contributed by atoms with van der Waals surface area (Å²) in [6, 6.07) is 0.503. The fraction of sp³-hybridized carbons (Fsp3) is 0.750. The maximum atomic E-state index is 11.8. The summed E-state index contributed by atoms with van der Waals surface area (Å²) < 4.78 is 0. The molecule has 2 aliphatic heterocycles. The highest BCUT2D eigenvalue weighted by Crippen LogP contribution is 2.36. The highest BCUT2D eigenvalue weighted by molar-refractivity contribution is 5.82. The third-order valence-corrected chi connectivity index (χ3v) is 4.47. The van der Waals surface area contributed by atoms with Crippen LogP contribution >= 0.6 is 0 Å². The number of anilines is 3. The van der Waals surface area contributed by atoms with E-state index >= 15 is 0 Å². The van der Waals surface area contributed by atoms with Gasteiger partial charge in [-0.15, -0.1) is 0 Å². The molecular weight excluding hydrogens is 292 g/mol. The summed E-state index contributed by atoms with van der Waals surface area (Å²) in [5, 5.41) is 6.51. The second-order valence-corrected chi connectivity index (χ2v) is 6.38. The molecule has 7 nitrogen and oxygen atoms in total. The number of Topliss-reactive ketones (excluding diaryl/α,β-unsaturated/α-hetero) is 1. The smallest absolute Gasteiger partial charge is 0.232 e. The first-order chi connectivity index (χ1) is 11.2. The zero-order chi connectivity index (χ0) is 16.2. The molecule has 2 N–H and O–H groups in total. The van der Waals surface area contributed by atoms with Gasteiger partial charge in [-0.05, 0) is 25.7 Å². The van der Waals surface area contributed by atoms with Crippen LogP contribution < -0.4 is 15.5 Å². The summed E-state index contributed by atoms with van der Waals surface area (Å²) in [6.07, 6.45) is 5.38. The summed E-state index contributed by atoms with van der Waals surface area (Å²) in [4.78, 5) is 27.7. The van der Waals surface area contributed by atoms with Gasteiger partial charge >= 0.3 is 0 Å². The van der Waals surface area contributed by atoms with Gasteiger partial charge in [0.2, 0.25) is 17.8 Å². The number of carbonyl (C=O) groups excluding carboxylic acids is 1. The minimum atomic E-state index is 0.252. The summed E-state index contributed by atoms with van der Waals surface area (Å²) >= 11 is 0. The van der Waals surface area contributed by atoms with Gasteiger partial charge in [-0.2, -0.15) is 15.0 Å². The molecule has 2 unspecified atom stereocenters. The molecule has 126 valence electrons. The van der Waals surface area contributed by atoms with Crippen LogP contribution in [0.1, 0.15) is 52.4 Å². The van der Waals surface area contributed by atoms with Crippen LogP contribution in [0.25, 0.3) is 0 Å². The number of nitrogens with one attached hydrogen (secondary N) is 2. The number of hydrogen-bond donors (Lipinski definition) is 2. The van der Waals surface area contributed by atoms with Crippen molar-refractivity contribution in [3.8, 4) is 0 Å². The van der Waals surface area contributed by atoms with Crippen LogP contribution in [0, 0.1) is 0 Å². The lowest BCUT2D eigenvalue weighted by atomic mass is 10.0. The third-order valence-electron chi connectivity index (χ3n) is 4.47. The molecule has 7 heteroatoms. The Hall–Kier alpha value is -1.92. The first-order valence-electron chi connectivity index (χ1n) is 8.75. The fourth-order valence-corrected chi connectivity index (χ4v) is 3.41. The molecule has 23 heavy (non-hydrogen) atoms. The Kier molecular flexibility index (Phi) is 4.93. The van der Waals surface area contributed by atoms with Crippen molar-refractivity contribution in [1.29, 1.82) is 0 Å².